The third-order valence-electron chi connectivity index (χ3n) is 15.0. The predicted molar refractivity (Wildman–Crippen MR) is 344 cm³/mol. The van der Waals surface area contributed by atoms with Gasteiger partial charge in [-0.05, 0) is 103 Å². The van der Waals surface area contributed by atoms with Crippen LogP contribution in [0.2, 0.25) is 0 Å². The van der Waals surface area contributed by atoms with Crippen LogP contribution in [0.1, 0.15) is 219 Å². The summed E-state index contributed by atoms with van der Waals surface area (Å²) in [6.45, 7) is 3.43. The molecule has 2 saturated heterocycles. The molecule has 2 heterocycles. The first-order valence-corrected chi connectivity index (χ1v) is 33.1. The number of allylic oxidation sites excluding steroid dienone is 20. The Morgan fingerprint density at radius 3 is 1.14 bits per heavy atom. The molecule has 2 aliphatic rings. The van der Waals surface area contributed by atoms with E-state index in [0.717, 1.165) is 122 Å². The highest BCUT2D eigenvalue weighted by Gasteiger charge is 2.47. The van der Waals surface area contributed by atoms with Crippen LogP contribution in [0.3, 0.4) is 0 Å². The largest absolute Gasteiger partial charge is 0.457 e. The highest BCUT2D eigenvalue weighted by Crippen LogP contribution is 2.27. The van der Waals surface area contributed by atoms with E-state index in [1.807, 2.05) is 0 Å². The molecular formula is C71H118O14. The molecule has 0 amide bonds. The number of hydrogen-bond donors (Lipinski definition) is 7. The fourth-order valence-electron chi connectivity index (χ4n) is 9.75. The van der Waals surface area contributed by atoms with Gasteiger partial charge in [-0.3, -0.25) is 4.79 Å². The second kappa shape index (κ2) is 55.7. The Labute approximate surface area is 514 Å². The fraction of sp³-hybridized carbons (Fsp3) is 0.704. The predicted octanol–water partition coefficient (Wildman–Crippen LogP) is 13.6. The van der Waals surface area contributed by atoms with Crippen LogP contribution in [-0.4, -0.2) is 142 Å². The number of aliphatic hydroxyl groups excluding tert-OH is 7. The summed E-state index contributed by atoms with van der Waals surface area (Å²) in [5.41, 5.74) is 0. The van der Waals surface area contributed by atoms with E-state index in [-0.39, 0.29) is 25.6 Å². The Balaban J connectivity index is 1.67. The number of hydrogen-bond acceptors (Lipinski definition) is 14. The third-order valence-corrected chi connectivity index (χ3v) is 15.0. The minimum atomic E-state index is -1.72. The smallest absolute Gasteiger partial charge is 0.306 e. The van der Waals surface area contributed by atoms with E-state index < -0.39 is 80.7 Å². The first-order chi connectivity index (χ1) is 41.6. The molecule has 0 aromatic rings. The van der Waals surface area contributed by atoms with Crippen molar-refractivity contribution in [3.8, 4) is 0 Å². The monoisotopic (exact) mass is 1190 g/mol. The number of esters is 1. The minimum Gasteiger partial charge on any atom is -0.457 e. The molecule has 14 heteroatoms. The summed E-state index contributed by atoms with van der Waals surface area (Å²) < 4.78 is 34.5. The molecule has 0 aromatic heterocycles. The number of aliphatic hydroxyl groups is 7. The second-order valence-electron chi connectivity index (χ2n) is 22.5. The topological polar surface area (TPSA) is 214 Å². The molecule has 0 aromatic carbocycles. The summed E-state index contributed by atoms with van der Waals surface area (Å²) in [5.74, 6) is -0.386. The number of carbonyl (C=O) groups excluding carboxylic acids is 1. The molecular weight excluding hydrogens is 1080 g/mol. The maximum atomic E-state index is 13.1. The van der Waals surface area contributed by atoms with E-state index in [0.29, 0.717) is 13.0 Å². The van der Waals surface area contributed by atoms with Gasteiger partial charge < -0.3 is 64.2 Å². The molecule has 0 saturated carbocycles. The van der Waals surface area contributed by atoms with Gasteiger partial charge in [-0.2, -0.15) is 0 Å². The van der Waals surface area contributed by atoms with Gasteiger partial charge in [-0.15, -0.1) is 0 Å². The Kier molecular flexibility index (Phi) is 50.8. The van der Waals surface area contributed by atoms with E-state index in [9.17, 15) is 40.5 Å². The lowest BCUT2D eigenvalue weighted by Crippen LogP contribution is -2.61. The van der Waals surface area contributed by atoms with E-state index in [1.165, 1.54) is 70.6 Å². The highest BCUT2D eigenvalue weighted by atomic mass is 16.7. The first kappa shape index (κ1) is 77.5. The molecule has 7 N–H and O–H groups in total. The van der Waals surface area contributed by atoms with Gasteiger partial charge in [-0.25, -0.2) is 0 Å². The van der Waals surface area contributed by atoms with Gasteiger partial charge >= 0.3 is 5.97 Å². The molecule has 11 unspecified atom stereocenters. The van der Waals surface area contributed by atoms with Gasteiger partial charge in [0.05, 0.1) is 26.4 Å². The van der Waals surface area contributed by atoms with Crippen molar-refractivity contribution in [2.24, 2.45) is 0 Å². The number of ether oxygens (including phenoxy) is 6. The first-order valence-electron chi connectivity index (χ1n) is 33.1. The van der Waals surface area contributed by atoms with Gasteiger partial charge in [0.1, 0.15) is 54.9 Å². The molecule has 0 radical (unpaired) electrons. The van der Waals surface area contributed by atoms with Gasteiger partial charge in [-0.1, -0.05) is 232 Å². The van der Waals surface area contributed by atoms with Crippen molar-refractivity contribution in [3.05, 3.63) is 122 Å². The normalized spacial score (nSPS) is 24.0. The number of rotatable bonds is 53. The third kappa shape index (κ3) is 41.3. The maximum absolute atomic E-state index is 13.1. The van der Waals surface area contributed by atoms with Gasteiger partial charge in [0.2, 0.25) is 0 Å². The van der Waals surface area contributed by atoms with E-state index in [1.54, 1.807) is 0 Å². The molecule has 0 aliphatic carbocycles. The lowest BCUT2D eigenvalue weighted by molar-refractivity contribution is -0.332. The molecule has 486 valence electrons. The van der Waals surface area contributed by atoms with Crippen molar-refractivity contribution in [2.45, 2.75) is 287 Å². The average molecular weight is 1200 g/mol. The van der Waals surface area contributed by atoms with Crippen LogP contribution >= 0.6 is 0 Å². The quantitative estimate of drug-likeness (QED) is 0.0172. The van der Waals surface area contributed by atoms with Crippen molar-refractivity contribution >= 4 is 5.97 Å². The average Bonchev–Trinajstić information content (AvgIpc) is 2.82. The summed E-state index contributed by atoms with van der Waals surface area (Å²) >= 11 is 0. The van der Waals surface area contributed by atoms with Crippen LogP contribution in [0.15, 0.2) is 122 Å². The molecule has 85 heavy (non-hydrogen) atoms. The standard InChI is InChI=1S/C71H118O14/c1-3-5-7-9-11-13-15-17-19-21-23-25-27-29-31-33-35-37-39-41-43-45-47-49-51-53-55-80-57-60(58-81-70-69(79)67(77)65(75)62(85-70)59-82-71-68(78)66(76)64(74)61(56-72)84-71)83-63(73)54-52-50-48-46-44-42-40-38-36-34-32-30-28-26-24-22-20-18-16-14-12-10-8-6-4-2/h5-8,11-14,17-20,23-26,29,31,35,37,60-62,64-72,74-79H,3-4,9-10,15-16,21-22,27-28,30,32-34,36,38-59H2,1-2H3/b7-5-,8-6-,13-11-,14-12-,19-17-,20-18-,25-23-,26-24-,31-29-,37-35-. The fourth-order valence-corrected chi connectivity index (χ4v) is 9.75. The summed E-state index contributed by atoms with van der Waals surface area (Å²) in [4.78, 5) is 13.1. The van der Waals surface area contributed by atoms with Crippen LogP contribution in [0.5, 0.6) is 0 Å². The van der Waals surface area contributed by atoms with Crippen molar-refractivity contribution in [2.75, 3.05) is 33.0 Å². The lowest BCUT2D eigenvalue weighted by atomic mass is 9.98. The number of unbranched alkanes of at least 4 members (excludes halogenated alkanes) is 19. The van der Waals surface area contributed by atoms with Crippen LogP contribution in [0.4, 0.5) is 0 Å². The Morgan fingerprint density at radius 2 is 0.729 bits per heavy atom. The van der Waals surface area contributed by atoms with Crippen LogP contribution in [-0.2, 0) is 33.2 Å². The zero-order chi connectivity index (χ0) is 61.5. The second-order valence-corrected chi connectivity index (χ2v) is 22.5. The van der Waals surface area contributed by atoms with Crippen molar-refractivity contribution in [1.29, 1.82) is 0 Å². The summed E-state index contributed by atoms with van der Waals surface area (Å²) in [6.07, 6.45) is 62.5. The van der Waals surface area contributed by atoms with Crippen molar-refractivity contribution in [3.63, 3.8) is 0 Å². The zero-order valence-corrected chi connectivity index (χ0v) is 52.5. The van der Waals surface area contributed by atoms with E-state index in [4.69, 9.17) is 28.4 Å². The van der Waals surface area contributed by atoms with E-state index >= 15 is 0 Å². The van der Waals surface area contributed by atoms with Crippen molar-refractivity contribution < 1.29 is 69.0 Å². The molecule has 14 nitrogen and oxygen atoms in total. The van der Waals surface area contributed by atoms with Gasteiger partial charge in [0, 0.05) is 13.0 Å². The molecule has 0 spiro atoms. The summed E-state index contributed by atoms with van der Waals surface area (Å²) in [6, 6.07) is 0. The molecule has 2 rings (SSSR count). The molecule has 11 atom stereocenters. The molecule has 2 aliphatic heterocycles. The van der Waals surface area contributed by atoms with Gasteiger partial charge in [0.15, 0.2) is 12.6 Å². The molecule has 0 bridgehead atoms. The number of carbonyl (C=O) groups is 1. The lowest BCUT2D eigenvalue weighted by Gasteiger charge is -2.42. The van der Waals surface area contributed by atoms with E-state index in [2.05, 4.69) is 135 Å². The highest BCUT2D eigenvalue weighted by molar-refractivity contribution is 5.69. The Morgan fingerprint density at radius 1 is 0.388 bits per heavy atom. The SMILES string of the molecule is CC/C=C\C/C=C\C/C=C\C/C=C\C/C=C\C/C=C\CCCCCCCCCOCC(COC1OC(COC2OC(CO)C(O)C(O)C2O)C(O)C(O)C1O)OC(=O)CCCCCCCCCCCCCC/C=C\C/C=C\C/C=C\C/C=C\CC. The Hall–Kier alpha value is -3.61. The van der Waals surface area contributed by atoms with Gasteiger partial charge in [0.25, 0.3) is 0 Å². The van der Waals surface area contributed by atoms with Crippen LogP contribution < -0.4 is 0 Å². The zero-order valence-electron chi connectivity index (χ0n) is 52.5. The summed E-state index contributed by atoms with van der Waals surface area (Å²) in [7, 11) is 0. The van der Waals surface area contributed by atoms with Crippen LogP contribution in [0.25, 0.3) is 0 Å². The molecule has 2 fully saturated rings. The summed E-state index contributed by atoms with van der Waals surface area (Å²) in [5, 5.41) is 72.6. The minimum absolute atomic E-state index is 0.0456. The maximum Gasteiger partial charge on any atom is 0.306 e. The Bertz CT molecular complexity index is 1870. The van der Waals surface area contributed by atoms with Crippen LogP contribution in [0, 0.1) is 0 Å². The van der Waals surface area contributed by atoms with Crippen molar-refractivity contribution in [1.82, 2.24) is 0 Å².